The minimum atomic E-state index is -1.75. The summed E-state index contributed by atoms with van der Waals surface area (Å²) in [6.07, 6.45) is 0. The first-order valence-electron chi connectivity index (χ1n) is 1.10. The number of rotatable bonds is 0. The Morgan fingerprint density at radius 1 is 0.409 bits per heavy atom. The first kappa shape index (κ1) is 312. The molecule has 0 amide bonds. The van der Waals surface area contributed by atoms with E-state index in [0.717, 1.165) is 0 Å². The molecule has 0 atom stereocenters. The fourth-order valence-corrected chi connectivity index (χ4v) is 0. The molecule has 146 valence electrons. The number of hydrogen-bond donors (Lipinski definition) is 0. The molecule has 0 radical (unpaired) electrons. The maximum absolute atomic E-state index is 8.25. The Labute approximate surface area is 149 Å². The Hall–Kier alpha value is -0.690. The Kier molecular flexibility index (Phi) is 3810. The molecule has 0 unspecified atom stereocenters. The van der Waals surface area contributed by atoms with Crippen LogP contribution in [0.3, 0.4) is 0 Å². The van der Waals surface area contributed by atoms with Gasteiger partial charge < -0.3 is 96.4 Å². The van der Waals surface area contributed by atoms with Crippen LogP contribution in [0, 0.1) is 30.6 Å². The summed E-state index contributed by atoms with van der Waals surface area (Å²) in [4.78, 5) is 16.5. The summed E-state index contributed by atoms with van der Waals surface area (Å²) in [6.45, 7) is 0. The molecule has 22 heteroatoms. The van der Waals surface area contributed by atoms with Crippen molar-refractivity contribution in [3.8, 4) is 0 Å². The second-order valence-electron chi connectivity index (χ2n) is 0.447. The van der Waals surface area contributed by atoms with E-state index >= 15 is 0 Å². The normalized spacial score (nSPS) is 2.18. The van der Waals surface area contributed by atoms with Crippen molar-refractivity contribution in [2.45, 2.75) is 0 Å². The molecule has 0 spiro atoms. The van der Waals surface area contributed by atoms with E-state index in [1.54, 1.807) is 0 Å². The first-order valence-corrected chi connectivity index (χ1v) is 1.10. The van der Waals surface area contributed by atoms with E-state index in [2.05, 4.69) is 0 Å². The minimum Gasteiger partial charge on any atom is -0.412 e. The van der Waals surface area contributed by atoms with Crippen LogP contribution in [0.5, 0.6) is 0 Å². The van der Waals surface area contributed by atoms with Gasteiger partial charge >= 0.3 is 23.1 Å². The van der Waals surface area contributed by atoms with E-state index in [9.17, 15) is 0 Å². The van der Waals surface area contributed by atoms with Crippen LogP contribution in [0.1, 0.15) is 0 Å². The van der Waals surface area contributed by atoms with Crippen molar-refractivity contribution in [3.05, 3.63) is 30.6 Å². The molecule has 24 N–H and O–H groups in total. The molecule has 0 aliphatic carbocycles. The molecule has 0 aliphatic heterocycles. The van der Waals surface area contributed by atoms with Gasteiger partial charge in [-0.25, -0.2) is 0 Å². The smallest absolute Gasteiger partial charge is 0.412 e. The predicted octanol–water partition coefficient (Wildman–Crippen LogP) is -10.8. The van der Waals surface area contributed by atoms with Gasteiger partial charge in [0.25, 0.3) is 0 Å². The molecule has 0 heterocycles. The van der Waals surface area contributed by atoms with Gasteiger partial charge in [0.2, 0.25) is 0 Å². The van der Waals surface area contributed by atoms with Crippen LogP contribution in [0.4, 0.5) is 0 Å². The quantitative estimate of drug-likeness (QED) is 0.204. The molecule has 22 heavy (non-hydrogen) atoms. The van der Waals surface area contributed by atoms with Crippen LogP contribution >= 0.6 is 0 Å². The zero-order valence-corrected chi connectivity index (χ0v) is 15.1. The number of hydrogen-bond acceptors (Lipinski definition) is 6. The summed E-state index contributed by atoms with van der Waals surface area (Å²) < 4.78 is 0. The second kappa shape index (κ2) is 269. The predicted molar refractivity (Wildman–Crippen MR) is 69.8 cm³/mol. The van der Waals surface area contributed by atoms with Crippen LogP contribution < -0.4 is 0 Å². The Morgan fingerprint density at radius 3 is 0.409 bits per heavy atom. The summed E-state index contributed by atoms with van der Waals surface area (Å²) in [6, 6.07) is 0. The van der Waals surface area contributed by atoms with E-state index in [1.807, 2.05) is 0 Å². The van der Waals surface area contributed by atoms with Crippen molar-refractivity contribution in [2.75, 3.05) is 0 Å². The van der Waals surface area contributed by atoms with E-state index < -0.39 is 10.2 Å². The van der Waals surface area contributed by atoms with E-state index in [1.165, 1.54) is 0 Å². The average molecular weight is 430 g/mol. The molecule has 0 saturated heterocycles. The maximum atomic E-state index is 8.25. The Morgan fingerprint density at radius 2 is 0.409 bits per heavy atom. The van der Waals surface area contributed by atoms with Gasteiger partial charge in [-0.3, -0.25) is 0 Å². The third-order valence-electron chi connectivity index (χ3n) is 0. The number of nitrogens with zero attached hydrogens (tertiary/aromatic N) is 2. The molecule has 0 rings (SSSR count). The van der Waals surface area contributed by atoms with Gasteiger partial charge in [-0.1, -0.05) is 0 Å². The summed E-state index contributed by atoms with van der Waals surface area (Å²) >= 11 is 0. The molecule has 20 nitrogen and oxygen atoms in total. The van der Waals surface area contributed by atoms with Crippen LogP contribution in [-0.4, -0.2) is 98.9 Å². The van der Waals surface area contributed by atoms with Crippen molar-refractivity contribution >= 4 is 23.1 Å². The third kappa shape index (κ3) is 13600. The molecule has 0 bridgehead atoms. The topological polar surface area (TPSA) is 510 Å². The molecule has 0 fully saturated rings. The van der Waals surface area contributed by atoms with Gasteiger partial charge in [-0.05, 0) is 0 Å². The van der Waals surface area contributed by atoms with E-state index in [0.29, 0.717) is 0 Å². The van der Waals surface area contributed by atoms with E-state index in [-0.39, 0.29) is 108 Å². The van der Waals surface area contributed by atoms with Gasteiger partial charge in [0.05, 0.1) is 10.2 Å². The van der Waals surface area contributed by atoms with Gasteiger partial charge in [0.1, 0.15) is 0 Å². The van der Waals surface area contributed by atoms with Crippen molar-refractivity contribution in [1.82, 2.24) is 0 Å². The molecule has 0 aliphatic rings. The largest absolute Gasteiger partial charge is 2.00 e. The van der Waals surface area contributed by atoms with Crippen LogP contribution in [0.2, 0.25) is 0 Å². The summed E-state index contributed by atoms with van der Waals surface area (Å²) in [7, 11) is 0. The van der Waals surface area contributed by atoms with Gasteiger partial charge in [-0.15, -0.1) is 0 Å². The average Bonchev–Trinajstić information content (AvgIpc) is 1.25. The van der Waals surface area contributed by atoms with Gasteiger partial charge in [-0.2, -0.15) is 0 Å². The van der Waals surface area contributed by atoms with Crippen LogP contribution in [0.15, 0.2) is 0 Å². The van der Waals surface area contributed by atoms with Gasteiger partial charge in [0, 0.05) is 19.5 Å². The zero-order valence-electron chi connectivity index (χ0n) is 10.8. The van der Waals surface area contributed by atoms with Crippen molar-refractivity contribution < 1.29 is 95.4 Å². The van der Waals surface area contributed by atoms with Crippen molar-refractivity contribution in [1.29, 1.82) is 0 Å². The summed E-state index contributed by atoms with van der Waals surface area (Å²) in [5.41, 5.74) is 0. The zero-order chi connectivity index (χ0) is 7.15. The molecule has 0 saturated carbocycles. The molecular formula is H24MgN2O18Zn. The van der Waals surface area contributed by atoms with Crippen LogP contribution in [0.25, 0.3) is 0 Å². The fraction of sp³-hybridized carbons (Fsp3) is 0. The third-order valence-corrected chi connectivity index (χ3v) is 0. The fourth-order valence-electron chi connectivity index (χ4n) is 0. The maximum Gasteiger partial charge on any atom is 2.00 e. The van der Waals surface area contributed by atoms with Gasteiger partial charge in [0.15, 0.2) is 0 Å². The minimum absolute atomic E-state index is 0. The Balaban J connectivity index is -0.00000000143. The SMILES string of the molecule is O.O.O.O.O.O.O.O.O.O.O.O.O=[N+]([O-])[O-].O=[N+]([O-])[O-].[Mg+2].[Zn]. The van der Waals surface area contributed by atoms with Crippen molar-refractivity contribution in [2.24, 2.45) is 0 Å². The second-order valence-corrected chi connectivity index (χ2v) is 0.447. The monoisotopic (exact) mass is 428 g/mol. The molecule has 0 aromatic heterocycles. The summed E-state index contributed by atoms with van der Waals surface area (Å²) in [5.74, 6) is 0. The van der Waals surface area contributed by atoms with Crippen molar-refractivity contribution in [3.63, 3.8) is 0 Å². The van der Waals surface area contributed by atoms with E-state index in [4.69, 9.17) is 30.6 Å². The first-order chi connectivity index (χ1) is 3.46. The standard InChI is InChI=1S/Mg.2NO3.12H2O.Zn/c;2*2-1(3)4;;;;;;;;;;;;;/h;;;12*1H2;/q+2;2*-1;;;;;;;;;;;;;. The molecular weight excluding hydrogens is 406 g/mol. The van der Waals surface area contributed by atoms with Crippen LogP contribution in [-0.2, 0) is 19.5 Å². The Bertz CT molecular complexity index is 79.1. The molecule has 0 aromatic rings. The summed E-state index contributed by atoms with van der Waals surface area (Å²) in [5, 5.41) is 29.5. The molecule has 0 aromatic carbocycles.